The number of carbonyl (C=O) groups is 1. The molecular formula is C11H17ClN2O5S. The lowest BCUT2D eigenvalue weighted by Gasteiger charge is -2.40. The summed E-state index contributed by atoms with van der Waals surface area (Å²) in [4.78, 5) is 12.3. The Hall–Kier alpha value is -0.740. The lowest BCUT2D eigenvalue weighted by atomic mass is 9.97. The van der Waals surface area contributed by atoms with Crippen molar-refractivity contribution in [1.82, 2.24) is 5.32 Å². The van der Waals surface area contributed by atoms with Crippen LogP contribution >= 0.6 is 23.7 Å². The maximum absolute atomic E-state index is 11.9. The Balaban J connectivity index is 0.00000200. The van der Waals surface area contributed by atoms with E-state index in [1.54, 1.807) is 17.5 Å². The third kappa shape index (κ3) is 3.47. The van der Waals surface area contributed by atoms with Crippen LogP contribution in [0.25, 0.3) is 0 Å². The summed E-state index contributed by atoms with van der Waals surface area (Å²) < 4.78 is 5.29. The minimum Gasteiger partial charge on any atom is -0.394 e. The topological polar surface area (TPSA) is 125 Å². The van der Waals surface area contributed by atoms with Gasteiger partial charge in [-0.1, -0.05) is 6.07 Å². The van der Waals surface area contributed by atoms with Gasteiger partial charge in [0.25, 0.3) is 5.91 Å². The first kappa shape index (κ1) is 17.3. The number of aliphatic hydroxyl groups excluding tert-OH is 3. The Bertz CT molecular complexity index is 430. The molecule has 1 aliphatic heterocycles. The Labute approximate surface area is 125 Å². The molecule has 1 saturated heterocycles. The first-order valence-corrected chi connectivity index (χ1v) is 6.65. The molecule has 2 rings (SSSR count). The minimum absolute atomic E-state index is 0. The van der Waals surface area contributed by atoms with Crippen LogP contribution in [0.2, 0.25) is 0 Å². The molecule has 0 saturated carbocycles. The van der Waals surface area contributed by atoms with Crippen LogP contribution < -0.4 is 11.1 Å². The Morgan fingerprint density at radius 2 is 2.15 bits per heavy atom. The van der Waals surface area contributed by atoms with Gasteiger partial charge >= 0.3 is 0 Å². The van der Waals surface area contributed by atoms with Gasteiger partial charge in [0.2, 0.25) is 0 Å². The van der Waals surface area contributed by atoms with Gasteiger partial charge in [-0.3, -0.25) is 4.79 Å². The lowest BCUT2D eigenvalue weighted by molar-refractivity contribution is -0.193. The van der Waals surface area contributed by atoms with Crippen molar-refractivity contribution in [3.63, 3.8) is 0 Å². The van der Waals surface area contributed by atoms with Crippen LogP contribution in [0, 0.1) is 0 Å². The van der Waals surface area contributed by atoms with Crippen LogP contribution in [0.4, 0.5) is 0 Å². The van der Waals surface area contributed by atoms with Crippen LogP contribution in [0.5, 0.6) is 0 Å². The molecule has 7 nitrogen and oxygen atoms in total. The number of nitrogens with one attached hydrogen (secondary N) is 1. The molecule has 0 aliphatic carbocycles. The second-order valence-corrected chi connectivity index (χ2v) is 5.23. The Morgan fingerprint density at radius 1 is 1.45 bits per heavy atom. The average Bonchev–Trinajstić information content (AvgIpc) is 2.93. The zero-order chi connectivity index (χ0) is 14.0. The number of carbonyl (C=O) groups excluding carboxylic acids is 1. The summed E-state index contributed by atoms with van der Waals surface area (Å²) in [7, 11) is 0. The van der Waals surface area contributed by atoms with Crippen molar-refractivity contribution in [2.24, 2.45) is 5.73 Å². The summed E-state index contributed by atoms with van der Waals surface area (Å²) >= 11 is 1.26. The van der Waals surface area contributed by atoms with Gasteiger partial charge in [-0.15, -0.1) is 23.7 Å². The molecule has 1 fully saturated rings. The fourth-order valence-electron chi connectivity index (χ4n) is 1.88. The third-order valence-corrected chi connectivity index (χ3v) is 3.86. The maximum atomic E-state index is 11.9. The molecule has 2 heterocycles. The van der Waals surface area contributed by atoms with Crippen LogP contribution in [0.15, 0.2) is 17.5 Å². The van der Waals surface area contributed by atoms with Crippen molar-refractivity contribution in [1.29, 1.82) is 0 Å². The smallest absolute Gasteiger partial charge is 0.263 e. The molecule has 1 aromatic heterocycles. The zero-order valence-electron chi connectivity index (χ0n) is 10.4. The van der Waals surface area contributed by atoms with E-state index in [-0.39, 0.29) is 18.3 Å². The van der Waals surface area contributed by atoms with E-state index in [1.165, 1.54) is 11.3 Å². The first-order chi connectivity index (χ1) is 9.04. The summed E-state index contributed by atoms with van der Waals surface area (Å²) in [6, 6.07) is 2.40. The molecule has 0 aromatic carbocycles. The third-order valence-electron chi connectivity index (χ3n) is 2.99. The minimum atomic E-state index is -1.28. The van der Waals surface area contributed by atoms with Gasteiger partial charge in [0.15, 0.2) is 0 Å². The van der Waals surface area contributed by atoms with Gasteiger partial charge in [-0.05, 0) is 11.4 Å². The van der Waals surface area contributed by atoms with E-state index in [1.807, 2.05) is 0 Å². The molecule has 0 unspecified atom stereocenters. The highest BCUT2D eigenvalue weighted by Crippen LogP contribution is 2.19. The first-order valence-electron chi connectivity index (χ1n) is 5.77. The van der Waals surface area contributed by atoms with E-state index in [2.05, 4.69) is 5.32 Å². The van der Waals surface area contributed by atoms with Gasteiger partial charge in [0, 0.05) is 0 Å². The van der Waals surface area contributed by atoms with Crippen molar-refractivity contribution < 1.29 is 24.9 Å². The highest BCUT2D eigenvalue weighted by atomic mass is 35.5. The van der Waals surface area contributed by atoms with Crippen LogP contribution in [0.3, 0.4) is 0 Å². The van der Waals surface area contributed by atoms with Crippen molar-refractivity contribution in [3.05, 3.63) is 22.4 Å². The number of ether oxygens (including phenoxy) is 1. The predicted molar refractivity (Wildman–Crippen MR) is 74.8 cm³/mol. The number of aliphatic hydroxyl groups is 3. The molecule has 20 heavy (non-hydrogen) atoms. The number of hydrogen-bond acceptors (Lipinski definition) is 7. The highest BCUT2D eigenvalue weighted by Gasteiger charge is 2.43. The summed E-state index contributed by atoms with van der Waals surface area (Å²) in [5.74, 6) is -0.379. The molecule has 0 bridgehead atoms. The number of nitrogens with two attached hydrogens (primary N) is 1. The SMILES string of the molecule is Cl.N[C@@H]1[C@@H](O)[C@H](O)[C@@H](CO)O[C@H]1NC(=O)c1cccs1. The highest BCUT2D eigenvalue weighted by molar-refractivity contribution is 7.12. The Kier molecular flexibility index (Phi) is 6.34. The van der Waals surface area contributed by atoms with Crippen LogP contribution in [-0.2, 0) is 4.74 Å². The summed E-state index contributed by atoms with van der Waals surface area (Å²) in [6.45, 7) is -0.476. The monoisotopic (exact) mass is 324 g/mol. The molecule has 1 amide bonds. The predicted octanol–water partition coefficient (Wildman–Crippen LogP) is -1.33. The Morgan fingerprint density at radius 3 is 2.70 bits per heavy atom. The molecule has 9 heteroatoms. The van der Waals surface area contributed by atoms with E-state index in [4.69, 9.17) is 15.6 Å². The standard InChI is InChI=1S/C11H16N2O5S.ClH/c12-7-9(16)8(15)5(4-14)18-11(7)13-10(17)6-2-1-3-19-6;/h1-3,5,7-9,11,14-16H,4,12H2,(H,13,17);1H/t5-,7-,8-,9-,11-;/m1./s1. The molecule has 0 radical (unpaired) electrons. The van der Waals surface area contributed by atoms with Crippen molar-refractivity contribution in [2.45, 2.75) is 30.6 Å². The van der Waals surface area contributed by atoms with E-state index >= 15 is 0 Å². The summed E-state index contributed by atoms with van der Waals surface area (Å²) in [6.07, 6.45) is -4.51. The number of rotatable bonds is 3. The normalized spacial score (nSPS) is 33.3. The molecular weight excluding hydrogens is 308 g/mol. The molecule has 114 valence electrons. The molecule has 5 atom stereocenters. The number of thiophene rings is 1. The average molecular weight is 325 g/mol. The van der Waals surface area contributed by atoms with Crippen molar-refractivity contribution >= 4 is 29.7 Å². The summed E-state index contributed by atoms with van der Waals surface area (Å²) in [5, 5.41) is 32.7. The quantitative estimate of drug-likeness (QED) is 0.469. The number of halogens is 1. The van der Waals surface area contributed by atoms with Crippen LogP contribution in [0.1, 0.15) is 9.67 Å². The molecule has 1 aliphatic rings. The second-order valence-electron chi connectivity index (χ2n) is 4.29. The van der Waals surface area contributed by atoms with Gasteiger partial charge in [-0.2, -0.15) is 0 Å². The van der Waals surface area contributed by atoms with Crippen LogP contribution in [-0.4, -0.2) is 58.4 Å². The fraction of sp³-hybridized carbons (Fsp3) is 0.545. The number of amides is 1. The maximum Gasteiger partial charge on any atom is 0.263 e. The fourth-order valence-corrected chi connectivity index (χ4v) is 2.50. The zero-order valence-corrected chi connectivity index (χ0v) is 12.0. The molecule has 6 N–H and O–H groups in total. The van der Waals surface area contributed by atoms with Crippen molar-refractivity contribution in [2.75, 3.05) is 6.61 Å². The van der Waals surface area contributed by atoms with E-state index in [0.29, 0.717) is 4.88 Å². The van der Waals surface area contributed by atoms with E-state index < -0.39 is 37.2 Å². The summed E-state index contributed by atoms with van der Waals surface area (Å²) in [5.41, 5.74) is 5.70. The van der Waals surface area contributed by atoms with Gasteiger partial charge in [-0.25, -0.2) is 0 Å². The van der Waals surface area contributed by atoms with E-state index in [9.17, 15) is 15.0 Å². The van der Waals surface area contributed by atoms with Gasteiger partial charge in [0.1, 0.15) is 24.5 Å². The van der Waals surface area contributed by atoms with Crippen molar-refractivity contribution in [3.8, 4) is 0 Å². The van der Waals surface area contributed by atoms with Gasteiger partial charge < -0.3 is 31.1 Å². The van der Waals surface area contributed by atoms with Gasteiger partial charge in [0.05, 0.1) is 17.5 Å². The molecule has 1 aromatic rings. The van der Waals surface area contributed by atoms with E-state index in [0.717, 1.165) is 0 Å². The number of hydrogen-bond donors (Lipinski definition) is 5. The molecule has 0 spiro atoms. The largest absolute Gasteiger partial charge is 0.394 e. The second kappa shape index (κ2) is 7.32. The lowest BCUT2D eigenvalue weighted by Crippen LogP contribution is -2.66.